The van der Waals surface area contributed by atoms with Crippen molar-refractivity contribution in [2.75, 3.05) is 20.1 Å². The van der Waals surface area contributed by atoms with Crippen LogP contribution >= 0.6 is 0 Å². The molecule has 2 rings (SSSR count). The lowest BCUT2D eigenvalue weighted by Crippen LogP contribution is -2.49. The number of piperazine rings is 1. The van der Waals surface area contributed by atoms with Crippen LogP contribution in [0.2, 0.25) is 0 Å². The first-order chi connectivity index (χ1) is 6.34. The van der Waals surface area contributed by atoms with Crippen LogP contribution in [0.4, 0.5) is 0 Å². The lowest BCUT2D eigenvalue weighted by atomic mass is 10.2. The van der Waals surface area contributed by atoms with Gasteiger partial charge in [-0.15, -0.1) is 0 Å². The second kappa shape index (κ2) is 7.34. The summed E-state index contributed by atoms with van der Waals surface area (Å²) in [5.41, 5.74) is 0. The number of nitrogens with one attached hydrogen (secondary N) is 1. The van der Waals surface area contributed by atoms with Crippen molar-refractivity contribution < 1.29 is 0 Å². The van der Waals surface area contributed by atoms with Crippen molar-refractivity contribution >= 4 is 0 Å². The molecule has 0 aromatic rings. The summed E-state index contributed by atoms with van der Waals surface area (Å²) in [4.78, 5) is 2.43. The second-order valence-corrected chi connectivity index (χ2v) is 3.36. The van der Waals surface area contributed by atoms with Crippen LogP contribution in [0, 0.1) is 0 Å². The van der Waals surface area contributed by atoms with E-state index >= 15 is 0 Å². The molecule has 2 aliphatic heterocycles. The van der Waals surface area contributed by atoms with Gasteiger partial charge in [-0.2, -0.15) is 0 Å². The van der Waals surface area contributed by atoms with Gasteiger partial charge in [0.15, 0.2) is 0 Å². The van der Waals surface area contributed by atoms with Crippen LogP contribution in [0.1, 0.15) is 40.5 Å². The average Bonchev–Trinajstić information content (AvgIpc) is 2.52. The smallest absolute Gasteiger partial charge is 0.0198 e. The maximum absolute atomic E-state index is 3.58. The fraction of sp³-hybridized carbons (Fsp3) is 1.00. The summed E-state index contributed by atoms with van der Waals surface area (Å²) in [5, 5.41) is 3.58. The Morgan fingerprint density at radius 1 is 0.923 bits per heavy atom. The zero-order valence-corrected chi connectivity index (χ0v) is 9.93. The molecule has 2 atom stereocenters. The summed E-state index contributed by atoms with van der Waals surface area (Å²) in [6.45, 7) is 10.5. The third kappa shape index (κ3) is 4.10. The molecule has 1 N–H and O–H groups in total. The average molecular weight is 186 g/mol. The highest BCUT2D eigenvalue weighted by Crippen LogP contribution is 2.18. The van der Waals surface area contributed by atoms with Crippen LogP contribution < -0.4 is 5.32 Å². The van der Waals surface area contributed by atoms with E-state index in [4.69, 9.17) is 0 Å². The van der Waals surface area contributed by atoms with E-state index in [1.54, 1.807) is 0 Å². The monoisotopic (exact) mass is 186 g/mol. The third-order valence-electron chi connectivity index (χ3n) is 2.40. The molecule has 0 radical (unpaired) electrons. The third-order valence-corrected chi connectivity index (χ3v) is 2.40. The standard InChI is InChI=1S/C7H14N2.2C2H6/c1-9-4-6-2-3-7(5-9)8-6;2*1-2/h6-8H,2-5H2,1H3;2*1-2H3. The van der Waals surface area contributed by atoms with Crippen LogP contribution in [-0.2, 0) is 0 Å². The second-order valence-electron chi connectivity index (χ2n) is 3.36. The number of hydrogen-bond acceptors (Lipinski definition) is 2. The van der Waals surface area contributed by atoms with Gasteiger partial charge in [0.05, 0.1) is 0 Å². The number of likely N-dealkylation sites (tertiary alicyclic amines) is 1. The molecule has 2 heteroatoms. The Balaban J connectivity index is 0.000000322. The summed E-state index contributed by atoms with van der Waals surface area (Å²) >= 11 is 0. The fourth-order valence-electron chi connectivity index (χ4n) is 2.02. The van der Waals surface area contributed by atoms with Crippen LogP contribution in [0.5, 0.6) is 0 Å². The van der Waals surface area contributed by atoms with Crippen LogP contribution in [0.15, 0.2) is 0 Å². The molecule has 2 heterocycles. The lowest BCUT2D eigenvalue weighted by Gasteiger charge is -2.29. The van der Waals surface area contributed by atoms with Gasteiger partial charge < -0.3 is 10.2 Å². The van der Waals surface area contributed by atoms with Gasteiger partial charge >= 0.3 is 0 Å². The molecule has 0 spiro atoms. The summed E-state index contributed by atoms with van der Waals surface area (Å²) in [5.74, 6) is 0. The maximum atomic E-state index is 3.58. The van der Waals surface area contributed by atoms with E-state index in [1.807, 2.05) is 27.7 Å². The van der Waals surface area contributed by atoms with Crippen molar-refractivity contribution in [2.45, 2.75) is 52.6 Å². The molecule has 80 valence electrons. The molecule has 0 amide bonds. The fourth-order valence-corrected chi connectivity index (χ4v) is 2.02. The van der Waals surface area contributed by atoms with Gasteiger partial charge in [0.25, 0.3) is 0 Å². The number of fused-ring (bicyclic) bond motifs is 2. The zero-order valence-electron chi connectivity index (χ0n) is 9.93. The highest BCUT2D eigenvalue weighted by Gasteiger charge is 2.29. The number of nitrogens with zero attached hydrogens (tertiary/aromatic N) is 1. The molecule has 2 nitrogen and oxygen atoms in total. The largest absolute Gasteiger partial charge is 0.309 e. The minimum atomic E-state index is 0.814. The Labute approximate surface area is 83.7 Å². The van der Waals surface area contributed by atoms with E-state index in [2.05, 4.69) is 17.3 Å². The van der Waals surface area contributed by atoms with E-state index in [0.29, 0.717) is 0 Å². The van der Waals surface area contributed by atoms with Gasteiger partial charge in [-0.25, -0.2) is 0 Å². The summed E-state index contributed by atoms with van der Waals surface area (Å²) < 4.78 is 0. The molecule has 0 aromatic carbocycles. The first-order valence-corrected chi connectivity index (χ1v) is 5.79. The summed E-state index contributed by atoms with van der Waals surface area (Å²) in [6.07, 6.45) is 2.80. The maximum Gasteiger partial charge on any atom is 0.0198 e. The van der Waals surface area contributed by atoms with Gasteiger partial charge in [0.1, 0.15) is 0 Å². The molecule has 13 heavy (non-hydrogen) atoms. The van der Waals surface area contributed by atoms with Crippen molar-refractivity contribution in [1.29, 1.82) is 0 Å². The topological polar surface area (TPSA) is 15.3 Å². The molecule has 0 saturated carbocycles. The summed E-state index contributed by atoms with van der Waals surface area (Å²) in [6, 6.07) is 1.63. The first-order valence-electron chi connectivity index (χ1n) is 5.79. The van der Waals surface area contributed by atoms with Crippen molar-refractivity contribution in [3.05, 3.63) is 0 Å². The quantitative estimate of drug-likeness (QED) is 0.623. The Hall–Kier alpha value is -0.0800. The van der Waals surface area contributed by atoms with Crippen molar-refractivity contribution in [3.8, 4) is 0 Å². The highest BCUT2D eigenvalue weighted by molar-refractivity contribution is 4.91. The van der Waals surface area contributed by atoms with Crippen LogP contribution in [0.3, 0.4) is 0 Å². The highest BCUT2D eigenvalue weighted by atomic mass is 15.2. The molecule has 2 unspecified atom stereocenters. The molecule has 0 aromatic heterocycles. The summed E-state index contributed by atoms with van der Waals surface area (Å²) in [7, 11) is 2.21. The van der Waals surface area contributed by atoms with Crippen LogP contribution in [-0.4, -0.2) is 37.1 Å². The van der Waals surface area contributed by atoms with E-state index in [0.717, 1.165) is 12.1 Å². The number of hydrogen-bond donors (Lipinski definition) is 1. The van der Waals surface area contributed by atoms with E-state index < -0.39 is 0 Å². The molecule has 2 fully saturated rings. The van der Waals surface area contributed by atoms with Gasteiger partial charge in [-0.05, 0) is 19.9 Å². The number of rotatable bonds is 0. The van der Waals surface area contributed by atoms with Crippen molar-refractivity contribution in [3.63, 3.8) is 0 Å². The predicted octanol–water partition coefficient (Wildman–Crippen LogP) is 2.10. The molecule has 2 saturated heterocycles. The van der Waals surface area contributed by atoms with Gasteiger partial charge in [0, 0.05) is 25.2 Å². The predicted molar refractivity (Wildman–Crippen MR) is 60.1 cm³/mol. The van der Waals surface area contributed by atoms with Gasteiger partial charge in [-0.1, -0.05) is 27.7 Å². The first kappa shape index (κ1) is 12.9. The Kier molecular flexibility index (Phi) is 7.29. The lowest BCUT2D eigenvalue weighted by molar-refractivity contribution is 0.235. The van der Waals surface area contributed by atoms with Crippen molar-refractivity contribution in [2.24, 2.45) is 0 Å². The van der Waals surface area contributed by atoms with Gasteiger partial charge in [0.2, 0.25) is 0 Å². The Morgan fingerprint density at radius 3 is 1.69 bits per heavy atom. The molecular weight excluding hydrogens is 160 g/mol. The normalized spacial score (nSPS) is 31.2. The minimum Gasteiger partial charge on any atom is -0.309 e. The Morgan fingerprint density at radius 2 is 1.31 bits per heavy atom. The SMILES string of the molecule is CC.CC.CN1CC2CCC(C1)N2. The van der Waals surface area contributed by atoms with Crippen molar-refractivity contribution in [1.82, 2.24) is 10.2 Å². The number of likely N-dealkylation sites (N-methyl/N-ethyl adjacent to an activating group) is 1. The van der Waals surface area contributed by atoms with E-state index in [-0.39, 0.29) is 0 Å². The molecule has 0 aliphatic carbocycles. The van der Waals surface area contributed by atoms with Crippen LogP contribution in [0.25, 0.3) is 0 Å². The zero-order chi connectivity index (χ0) is 10.3. The Bertz CT molecular complexity index is 103. The minimum absolute atomic E-state index is 0.814. The molecule has 2 bridgehead atoms. The molecule has 2 aliphatic rings. The van der Waals surface area contributed by atoms with E-state index in [9.17, 15) is 0 Å². The van der Waals surface area contributed by atoms with E-state index in [1.165, 1.54) is 25.9 Å². The van der Waals surface area contributed by atoms with Gasteiger partial charge in [-0.3, -0.25) is 0 Å². The molecular formula is C11H26N2.